The summed E-state index contributed by atoms with van der Waals surface area (Å²) in [4.78, 5) is 11.6. The van der Waals surface area contributed by atoms with Crippen molar-refractivity contribution in [3.63, 3.8) is 0 Å². The van der Waals surface area contributed by atoms with E-state index in [2.05, 4.69) is 34.0 Å². The van der Waals surface area contributed by atoms with Crippen LogP contribution in [0.4, 0.5) is 0 Å². The van der Waals surface area contributed by atoms with Gasteiger partial charge in [-0.25, -0.2) is 9.97 Å². The van der Waals surface area contributed by atoms with E-state index in [0.717, 1.165) is 41.1 Å². The smallest absolute Gasteiger partial charge is 0.149 e. The van der Waals surface area contributed by atoms with Gasteiger partial charge in [-0.15, -0.1) is 6.42 Å². The van der Waals surface area contributed by atoms with Gasteiger partial charge >= 0.3 is 0 Å². The number of fused-ring (bicyclic) bond motifs is 1. The Morgan fingerprint density at radius 2 is 2.23 bits per heavy atom. The molecule has 3 heterocycles. The molecule has 1 atom stereocenters. The molecule has 2 aliphatic carbocycles. The third-order valence-electron chi connectivity index (χ3n) is 6.47. The van der Waals surface area contributed by atoms with Gasteiger partial charge < -0.3 is 4.90 Å². The van der Waals surface area contributed by atoms with Gasteiger partial charge in [0.1, 0.15) is 11.5 Å². The van der Waals surface area contributed by atoms with Crippen molar-refractivity contribution in [3.8, 4) is 29.8 Å². The van der Waals surface area contributed by atoms with Crippen molar-refractivity contribution in [1.29, 1.82) is 5.26 Å². The average molecular weight is 412 g/mol. The summed E-state index contributed by atoms with van der Waals surface area (Å²) in [6.45, 7) is 0. The minimum Gasteiger partial charge on any atom is -0.376 e. The highest BCUT2D eigenvalue weighted by molar-refractivity contribution is 5.78. The molecule has 0 amide bonds. The van der Waals surface area contributed by atoms with Gasteiger partial charge in [-0.1, -0.05) is 5.92 Å². The van der Waals surface area contributed by atoms with Crippen molar-refractivity contribution in [2.75, 3.05) is 7.05 Å². The third-order valence-corrected chi connectivity index (χ3v) is 6.47. The van der Waals surface area contributed by atoms with Crippen LogP contribution in [0.1, 0.15) is 50.3 Å². The van der Waals surface area contributed by atoms with Gasteiger partial charge in [-0.3, -0.25) is 9.08 Å². The van der Waals surface area contributed by atoms with Gasteiger partial charge in [0, 0.05) is 43.9 Å². The molecule has 0 bridgehead atoms. The van der Waals surface area contributed by atoms with Crippen molar-refractivity contribution in [2.24, 2.45) is 5.92 Å². The molecule has 0 N–H and O–H groups in total. The molecule has 3 aromatic rings. The molecule has 156 valence electrons. The average Bonchev–Trinajstić information content (AvgIpc) is 3.25. The maximum atomic E-state index is 9.22. The maximum Gasteiger partial charge on any atom is 0.149 e. The molecule has 0 aromatic carbocycles. The summed E-state index contributed by atoms with van der Waals surface area (Å²) in [6.07, 6.45) is 21.8. The summed E-state index contributed by atoms with van der Waals surface area (Å²) in [5.74, 6) is 4.10. The van der Waals surface area contributed by atoms with Gasteiger partial charge in [-0.2, -0.15) is 10.4 Å². The Bertz CT molecular complexity index is 1210. The fourth-order valence-corrected chi connectivity index (χ4v) is 4.23. The van der Waals surface area contributed by atoms with Crippen LogP contribution in [-0.2, 0) is 0 Å². The van der Waals surface area contributed by atoms with Crippen molar-refractivity contribution in [2.45, 2.75) is 50.6 Å². The molecule has 0 aliphatic heterocycles. The fraction of sp³-hybridized carbons (Fsp3) is 0.417. The number of aromatic nitrogens is 5. The lowest BCUT2D eigenvalue weighted by molar-refractivity contribution is 0.218. The zero-order valence-electron chi connectivity index (χ0n) is 17.6. The fourth-order valence-electron chi connectivity index (χ4n) is 4.23. The zero-order valence-corrected chi connectivity index (χ0v) is 17.6. The second-order valence-electron chi connectivity index (χ2n) is 8.53. The molecule has 2 fully saturated rings. The molecule has 0 radical (unpaired) electrons. The van der Waals surface area contributed by atoms with E-state index in [0.29, 0.717) is 18.4 Å². The highest BCUT2D eigenvalue weighted by atomic mass is 15.3. The van der Waals surface area contributed by atoms with E-state index in [1.54, 1.807) is 6.20 Å². The highest BCUT2D eigenvalue weighted by Gasteiger charge is 2.33. The number of terminal acetylenes is 1. The van der Waals surface area contributed by atoms with E-state index in [9.17, 15) is 5.26 Å². The van der Waals surface area contributed by atoms with Gasteiger partial charge in [0.25, 0.3) is 0 Å². The quantitative estimate of drug-likeness (QED) is 0.551. The number of hydrogen-bond donors (Lipinski definition) is 0. The summed E-state index contributed by atoms with van der Waals surface area (Å²) < 4.78 is 3.88. The number of nitrogens with zero attached hydrogens (tertiary/aromatic N) is 7. The maximum absolute atomic E-state index is 9.22. The lowest BCUT2D eigenvalue weighted by atomic mass is 9.92. The lowest BCUT2D eigenvalue weighted by Gasteiger charge is -2.34. The molecule has 7 heteroatoms. The van der Waals surface area contributed by atoms with Crippen molar-refractivity contribution < 1.29 is 0 Å². The first-order valence-electron chi connectivity index (χ1n) is 10.8. The minimum atomic E-state index is 0.123. The van der Waals surface area contributed by atoms with Crippen molar-refractivity contribution in [1.82, 2.24) is 29.0 Å². The topological polar surface area (TPSA) is 75.0 Å². The van der Waals surface area contributed by atoms with E-state index in [1.165, 1.54) is 19.3 Å². The third kappa shape index (κ3) is 3.68. The number of rotatable bonds is 7. The van der Waals surface area contributed by atoms with Crippen molar-refractivity contribution in [3.05, 3.63) is 42.7 Å². The number of allylic oxidation sites excluding steroid dienone is 1. The number of imidazole rings is 1. The first-order valence-corrected chi connectivity index (χ1v) is 10.8. The Morgan fingerprint density at radius 3 is 2.90 bits per heavy atom. The van der Waals surface area contributed by atoms with E-state index in [4.69, 9.17) is 11.4 Å². The monoisotopic (exact) mass is 411 g/mol. The molecule has 3 aromatic heterocycles. The zero-order chi connectivity index (χ0) is 21.4. The van der Waals surface area contributed by atoms with Gasteiger partial charge in [0.2, 0.25) is 0 Å². The van der Waals surface area contributed by atoms with Crippen molar-refractivity contribution >= 4 is 11.2 Å². The summed E-state index contributed by atoms with van der Waals surface area (Å²) in [5, 5.41) is 13.8. The SMILES string of the molecule is C#C/C(=C\N(C)C1CCC1)c1cc2nccn2c(-c2cnn(C(CC#N)C3CC3)c2)n1. The number of hydrogen-bond acceptors (Lipinski definition) is 5. The first kappa shape index (κ1) is 19.4. The lowest BCUT2D eigenvalue weighted by Crippen LogP contribution is -2.33. The largest absolute Gasteiger partial charge is 0.376 e. The van der Waals surface area contributed by atoms with Crippen LogP contribution >= 0.6 is 0 Å². The molecule has 1 unspecified atom stereocenters. The normalized spacial score (nSPS) is 17.7. The molecule has 31 heavy (non-hydrogen) atoms. The van der Waals surface area contributed by atoms with Crippen LogP contribution in [-0.4, -0.2) is 42.1 Å². The molecule has 5 rings (SSSR count). The molecule has 2 aliphatic rings. The summed E-state index contributed by atoms with van der Waals surface area (Å²) in [6, 6.07) is 4.91. The number of nitriles is 1. The van der Waals surface area contributed by atoms with E-state index >= 15 is 0 Å². The Balaban J connectivity index is 1.54. The van der Waals surface area contributed by atoms with Crippen LogP contribution in [0.15, 0.2) is 37.1 Å². The molecule has 2 saturated carbocycles. The van der Waals surface area contributed by atoms with Crippen LogP contribution < -0.4 is 0 Å². The molecule has 0 spiro atoms. The van der Waals surface area contributed by atoms with Crippen LogP contribution in [0, 0.1) is 29.6 Å². The molecular formula is C24H25N7. The summed E-state index contributed by atoms with van der Waals surface area (Å²) >= 11 is 0. The highest BCUT2D eigenvalue weighted by Crippen LogP contribution is 2.41. The Labute approximate surface area is 182 Å². The molecular weight excluding hydrogens is 386 g/mol. The second kappa shape index (κ2) is 7.92. The first-order chi connectivity index (χ1) is 15.2. The van der Waals surface area contributed by atoms with Crippen LogP contribution in [0.5, 0.6) is 0 Å². The second-order valence-corrected chi connectivity index (χ2v) is 8.53. The van der Waals surface area contributed by atoms with Gasteiger partial charge in [-0.05, 0) is 38.0 Å². The van der Waals surface area contributed by atoms with E-state index < -0.39 is 0 Å². The minimum absolute atomic E-state index is 0.123. The van der Waals surface area contributed by atoms with Gasteiger partial charge in [0.15, 0.2) is 0 Å². The summed E-state index contributed by atoms with van der Waals surface area (Å²) in [7, 11) is 2.08. The van der Waals surface area contributed by atoms with Crippen LogP contribution in [0.2, 0.25) is 0 Å². The Hall–Kier alpha value is -3.58. The Morgan fingerprint density at radius 1 is 1.39 bits per heavy atom. The molecule has 0 saturated heterocycles. The summed E-state index contributed by atoms with van der Waals surface area (Å²) in [5.41, 5.74) is 3.15. The standard InChI is InChI=1S/C24H25N7/c1-3-17(15-29(2)20-5-4-6-20)21-13-23-26-11-12-30(23)24(28-21)19-14-27-31(16-19)22(9-10-25)18-7-8-18/h1,11-16,18,20,22H,4-9H2,2H3/b17-15+. The van der Waals surface area contributed by atoms with Crippen LogP contribution in [0.3, 0.4) is 0 Å². The van der Waals surface area contributed by atoms with Crippen LogP contribution in [0.25, 0.3) is 22.6 Å². The molecule has 7 nitrogen and oxygen atoms in total. The van der Waals surface area contributed by atoms with E-state index in [1.807, 2.05) is 39.9 Å². The van der Waals surface area contributed by atoms with E-state index in [-0.39, 0.29) is 6.04 Å². The Kier molecular flexibility index (Phi) is 4.95. The predicted molar refractivity (Wildman–Crippen MR) is 118 cm³/mol. The predicted octanol–water partition coefficient (Wildman–Crippen LogP) is 3.92. The van der Waals surface area contributed by atoms with Gasteiger partial charge in [0.05, 0.1) is 41.6 Å².